The van der Waals surface area contributed by atoms with Crippen LogP contribution in [0.4, 0.5) is 15.8 Å². The predicted octanol–water partition coefficient (Wildman–Crippen LogP) is 4.89. The Balaban J connectivity index is 1.94. The highest BCUT2D eigenvalue weighted by atomic mass is 32.2. The van der Waals surface area contributed by atoms with Crippen LogP contribution in [0.15, 0.2) is 71.6 Å². The van der Waals surface area contributed by atoms with Crippen LogP contribution >= 0.6 is 0 Å². The molecule has 176 valence electrons. The predicted molar refractivity (Wildman–Crippen MR) is 128 cm³/mol. The topological polar surface area (TPSA) is 99.5 Å². The summed E-state index contributed by atoms with van der Waals surface area (Å²) in [5, 5.41) is 9.07. The van der Waals surface area contributed by atoms with Gasteiger partial charge in [-0.05, 0) is 80.1 Å². The zero-order valence-electron chi connectivity index (χ0n) is 18.8. The van der Waals surface area contributed by atoms with E-state index in [1.54, 1.807) is 37.3 Å². The number of aryl methyl sites for hydroxylation is 1. The van der Waals surface area contributed by atoms with Gasteiger partial charge in [-0.1, -0.05) is 6.07 Å². The molecule has 0 heterocycles. The summed E-state index contributed by atoms with van der Waals surface area (Å²) in [5.41, 5.74) is 1.52. The number of nitrogens with zero attached hydrogens (tertiary/aromatic N) is 2. The summed E-state index contributed by atoms with van der Waals surface area (Å²) in [4.78, 5) is 14.8. The van der Waals surface area contributed by atoms with Gasteiger partial charge in [0.1, 0.15) is 11.6 Å². The molecule has 1 amide bonds. The number of nitrogens with one attached hydrogen (secondary N) is 1. The number of anilines is 2. The minimum atomic E-state index is -4.03. The average Bonchev–Trinajstić information content (AvgIpc) is 2.82. The number of amides is 1. The zero-order valence-corrected chi connectivity index (χ0v) is 19.6. The van der Waals surface area contributed by atoms with Crippen molar-refractivity contribution in [2.45, 2.75) is 25.2 Å². The molecule has 0 spiro atoms. The van der Waals surface area contributed by atoms with Gasteiger partial charge in [-0.25, -0.2) is 12.8 Å². The van der Waals surface area contributed by atoms with Gasteiger partial charge >= 0.3 is 0 Å². The van der Waals surface area contributed by atoms with Gasteiger partial charge in [-0.15, -0.1) is 0 Å². The van der Waals surface area contributed by atoms with Crippen molar-refractivity contribution in [3.63, 3.8) is 0 Å². The lowest BCUT2D eigenvalue weighted by Crippen LogP contribution is -2.32. The molecule has 0 saturated heterocycles. The van der Waals surface area contributed by atoms with Crippen molar-refractivity contribution in [3.05, 3.63) is 83.7 Å². The molecule has 0 aliphatic carbocycles. The van der Waals surface area contributed by atoms with Gasteiger partial charge in [-0.3, -0.25) is 9.52 Å². The third-order valence-corrected chi connectivity index (χ3v) is 6.38. The Kier molecular flexibility index (Phi) is 7.87. The second kappa shape index (κ2) is 10.8. The molecule has 3 aromatic carbocycles. The Bertz CT molecular complexity index is 1300. The summed E-state index contributed by atoms with van der Waals surface area (Å²) >= 11 is 0. The van der Waals surface area contributed by atoms with Crippen LogP contribution in [0.3, 0.4) is 0 Å². The molecule has 0 aromatic heterocycles. The number of hydrogen-bond donors (Lipinski definition) is 1. The van der Waals surface area contributed by atoms with E-state index in [1.807, 2.05) is 13.0 Å². The standard InChI is InChI=1S/C25H24FN3O4S/c1-3-33-22-12-10-21(11-13-22)29(16-4-15-27)25(30)24-17-23(14-5-18(24)2)34(31,32)28-20-8-6-19(26)7-9-20/h5-14,17,28H,3-4,16H2,1-2H3. The number of hydrogen-bond acceptors (Lipinski definition) is 5. The van der Waals surface area contributed by atoms with Crippen LogP contribution in [-0.4, -0.2) is 27.5 Å². The highest BCUT2D eigenvalue weighted by molar-refractivity contribution is 7.92. The number of carbonyl (C=O) groups is 1. The molecule has 0 atom stereocenters. The van der Waals surface area contributed by atoms with E-state index in [1.165, 1.54) is 29.2 Å². The van der Waals surface area contributed by atoms with Gasteiger partial charge in [0.2, 0.25) is 0 Å². The van der Waals surface area contributed by atoms with Crippen LogP contribution in [0.2, 0.25) is 0 Å². The molecular formula is C25H24FN3O4S. The molecule has 0 radical (unpaired) electrons. The fraction of sp³-hybridized carbons (Fsp3) is 0.200. The van der Waals surface area contributed by atoms with Gasteiger partial charge in [0.05, 0.1) is 24.0 Å². The number of carbonyl (C=O) groups excluding carboxylic acids is 1. The molecule has 0 aliphatic rings. The highest BCUT2D eigenvalue weighted by Gasteiger charge is 2.23. The van der Waals surface area contributed by atoms with E-state index in [0.717, 1.165) is 12.1 Å². The summed E-state index contributed by atoms with van der Waals surface area (Å²) in [7, 11) is -4.03. The van der Waals surface area contributed by atoms with E-state index in [2.05, 4.69) is 4.72 Å². The van der Waals surface area contributed by atoms with Crippen LogP contribution in [0.25, 0.3) is 0 Å². The molecule has 3 rings (SSSR count). The van der Waals surface area contributed by atoms with Gasteiger partial charge in [-0.2, -0.15) is 5.26 Å². The van der Waals surface area contributed by atoms with Crippen LogP contribution in [0.1, 0.15) is 29.3 Å². The Morgan fingerprint density at radius 2 is 1.76 bits per heavy atom. The fourth-order valence-electron chi connectivity index (χ4n) is 3.27. The first-order valence-corrected chi connectivity index (χ1v) is 12.0. The van der Waals surface area contributed by atoms with Crippen LogP contribution in [0.5, 0.6) is 5.75 Å². The number of rotatable bonds is 9. The lowest BCUT2D eigenvalue weighted by molar-refractivity contribution is 0.0986. The van der Waals surface area contributed by atoms with E-state index in [4.69, 9.17) is 10.00 Å². The van der Waals surface area contributed by atoms with E-state index in [9.17, 15) is 17.6 Å². The van der Waals surface area contributed by atoms with E-state index in [-0.39, 0.29) is 29.1 Å². The second-order valence-corrected chi connectivity index (χ2v) is 9.06. The normalized spacial score (nSPS) is 10.9. The quantitative estimate of drug-likeness (QED) is 0.469. The molecular weight excluding hydrogens is 457 g/mol. The summed E-state index contributed by atoms with van der Waals surface area (Å²) in [6, 6.07) is 18.1. The molecule has 0 fully saturated rings. The monoisotopic (exact) mass is 481 g/mol. The zero-order chi connectivity index (χ0) is 24.7. The summed E-state index contributed by atoms with van der Waals surface area (Å²) in [6.45, 7) is 4.21. The number of ether oxygens (including phenoxy) is 1. The molecule has 0 bridgehead atoms. The molecule has 1 N–H and O–H groups in total. The summed E-state index contributed by atoms with van der Waals surface area (Å²) < 4.78 is 46.8. The van der Waals surface area contributed by atoms with Gasteiger partial charge in [0, 0.05) is 23.5 Å². The Morgan fingerprint density at radius 3 is 2.38 bits per heavy atom. The van der Waals surface area contributed by atoms with E-state index in [0.29, 0.717) is 23.6 Å². The van der Waals surface area contributed by atoms with E-state index >= 15 is 0 Å². The van der Waals surface area contributed by atoms with Crippen molar-refractivity contribution in [2.24, 2.45) is 0 Å². The Morgan fingerprint density at radius 1 is 1.09 bits per heavy atom. The third-order valence-electron chi connectivity index (χ3n) is 5.00. The minimum absolute atomic E-state index is 0.0993. The maximum absolute atomic E-state index is 13.5. The van der Waals surface area contributed by atoms with Crippen molar-refractivity contribution in [1.29, 1.82) is 5.26 Å². The van der Waals surface area contributed by atoms with Crippen molar-refractivity contribution in [1.82, 2.24) is 0 Å². The van der Waals surface area contributed by atoms with Crippen molar-refractivity contribution < 1.29 is 22.3 Å². The third kappa shape index (κ3) is 5.91. The molecule has 0 saturated carbocycles. The molecule has 7 nitrogen and oxygen atoms in total. The van der Waals surface area contributed by atoms with Crippen molar-refractivity contribution >= 4 is 27.3 Å². The highest BCUT2D eigenvalue weighted by Crippen LogP contribution is 2.25. The first kappa shape index (κ1) is 24.7. The minimum Gasteiger partial charge on any atom is -0.494 e. The van der Waals surface area contributed by atoms with Crippen molar-refractivity contribution in [2.75, 3.05) is 22.8 Å². The SMILES string of the molecule is CCOc1ccc(N(CCC#N)C(=O)c2cc(S(=O)(=O)Nc3ccc(F)cc3)ccc2C)cc1. The lowest BCUT2D eigenvalue weighted by Gasteiger charge is -2.23. The molecule has 9 heteroatoms. The van der Waals surface area contributed by atoms with Gasteiger partial charge in [0.15, 0.2) is 0 Å². The number of nitriles is 1. The van der Waals surface area contributed by atoms with Gasteiger partial charge < -0.3 is 9.64 Å². The fourth-order valence-corrected chi connectivity index (χ4v) is 4.36. The summed E-state index contributed by atoms with van der Waals surface area (Å²) in [6.07, 6.45) is 0.0993. The van der Waals surface area contributed by atoms with Crippen LogP contribution < -0.4 is 14.4 Å². The maximum Gasteiger partial charge on any atom is 0.261 e. The Labute approximate surface area is 198 Å². The van der Waals surface area contributed by atoms with E-state index < -0.39 is 21.7 Å². The first-order chi connectivity index (χ1) is 16.2. The molecule has 34 heavy (non-hydrogen) atoms. The average molecular weight is 482 g/mol. The number of halogens is 1. The molecule has 0 aliphatic heterocycles. The number of sulfonamides is 1. The second-order valence-electron chi connectivity index (χ2n) is 7.38. The molecule has 3 aromatic rings. The van der Waals surface area contributed by atoms with Crippen LogP contribution in [0, 0.1) is 24.1 Å². The first-order valence-electron chi connectivity index (χ1n) is 10.6. The maximum atomic E-state index is 13.5. The lowest BCUT2D eigenvalue weighted by atomic mass is 10.1. The number of benzene rings is 3. The molecule has 0 unspecified atom stereocenters. The smallest absolute Gasteiger partial charge is 0.261 e. The Hall–Kier alpha value is -3.90. The van der Waals surface area contributed by atoms with Crippen LogP contribution in [-0.2, 0) is 10.0 Å². The van der Waals surface area contributed by atoms with Gasteiger partial charge in [0.25, 0.3) is 15.9 Å². The van der Waals surface area contributed by atoms with Crippen molar-refractivity contribution in [3.8, 4) is 11.8 Å². The summed E-state index contributed by atoms with van der Waals surface area (Å²) in [5.74, 6) is -0.274. The largest absolute Gasteiger partial charge is 0.494 e.